The summed E-state index contributed by atoms with van der Waals surface area (Å²) in [5.41, 5.74) is 0.0754. The van der Waals surface area contributed by atoms with E-state index in [0.29, 0.717) is 5.75 Å². The highest BCUT2D eigenvalue weighted by atomic mass is 16.6. The van der Waals surface area contributed by atoms with Gasteiger partial charge in [0.05, 0.1) is 11.0 Å². The highest BCUT2D eigenvalue weighted by Gasteiger charge is 2.15. The first kappa shape index (κ1) is 14.4. The maximum Gasteiger partial charge on any atom is 0.273 e. The van der Waals surface area contributed by atoms with Crippen LogP contribution in [0.5, 0.6) is 5.75 Å². The minimum atomic E-state index is -0.407. The SMILES string of the molecule is CC.O=[N+]([O-])c1cccc(OC2CCNCC2)c1. The van der Waals surface area contributed by atoms with Gasteiger partial charge in [-0.3, -0.25) is 10.1 Å². The molecule has 1 aliphatic heterocycles. The van der Waals surface area contributed by atoms with E-state index in [-0.39, 0.29) is 11.8 Å². The summed E-state index contributed by atoms with van der Waals surface area (Å²) in [5, 5.41) is 13.8. The Balaban J connectivity index is 0.000000771. The summed E-state index contributed by atoms with van der Waals surface area (Å²) in [7, 11) is 0. The van der Waals surface area contributed by atoms with Crippen LogP contribution in [0.2, 0.25) is 0 Å². The van der Waals surface area contributed by atoms with Crippen LogP contribution in [-0.4, -0.2) is 24.1 Å². The predicted octanol–water partition coefficient (Wildman–Crippen LogP) is 2.75. The molecular formula is C13H20N2O3. The van der Waals surface area contributed by atoms with E-state index in [2.05, 4.69) is 5.32 Å². The van der Waals surface area contributed by atoms with Crippen LogP contribution in [0.15, 0.2) is 24.3 Å². The first-order valence-corrected chi connectivity index (χ1v) is 6.37. The fourth-order valence-electron chi connectivity index (χ4n) is 1.78. The summed E-state index contributed by atoms with van der Waals surface area (Å²) in [4.78, 5) is 10.2. The Bertz CT molecular complexity index is 376. The van der Waals surface area contributed by atoms with Gasteiger partial charge in [0.1, 0.15) is 11.9 Å². The van der Waals surface area contributed by atoms with Gasteiger partial charge in [0, 0.05) is 6.07 Å². The molecule has 0 saturated carbocycles. The minimum Gasteiger partial charge on any atom is -0.490 e. The second-order valence-electron chi connectivity index (χ2n) is 3.82. The van der Waals surface area contributed by atoms with Crippen LogP contribution >= 0.6 is 0 Å². The van der Waals surface area contributed by atoms with E-state index in [1.807, 2.05) is 13.8 Å². The van der Waals surface area contributed by atoms with Gasteiger partial charge < -0.3 is 10.1 Å². The van der Waals surface area contributed by atoms with Gasteiger partial charge in [-0.1, -0.05) is 19.9 Å². The van der Waals surface area contributed by atoms with Crippen LogP contribution in [0.25, 0.3) is 0 Å². The number of nitrogens with zero attached hydrogens (tertiary/aromatic N) is 1. The molecule has 1 saturated heterocycles. The molecule has 2 rings (SSSR count). The lowest BCUT2D eigenvalue weighted by Crippen LogP contribution is -2.34. The van der Waals surface area contributed by atoms with E-state index in [0.717, 1.165) is 25.9 Å². The van der Waals surface area contributed by atoms with Crippen LogP contribution < -0.4 is 10.1 Å². The molecule has 0 atom stereocenters. The summed E-state index contributed by atoms with van der Waals surface area (Å²) in [6, 6.07) is 6.35. The molecule has 0 unspecified atom stereocenters. The van der Waals surface area contributed by atoms with Crippen molar-refractivity contribution in [2.75, 3.05) is 13.1 Å². The van der Waals surface area contributed by atoms with E-state index >= 15 is 0 Å². The molecule has 1 N–H and O–H groups in total. The molecule has 0 amide bonds. The van der Waals surface area contributed by atoms with Crippen LogP contribution in [-0.2, 0) is 0 Å². The number of benzene rings is 1. The topological polar surface area (TPSA) is 64.4 Å². The van der Waals surface area contributed by atoms with Crippen LogP contribution in [0.4, 0.5) is 5.69 Å². The van der Waals surface area contributed by atoms with Crippen molar-refractivity contribution >= 4 is 5.69 Å². The Hall–Kier alpha value is -1.62. The Morgan fingerprint density at radius 3 is 2.61 bits per heavy atom. The van der Waals surface area contributed by atoms with Gasteiger partial charge in [0.15, 0.2) is 0 Å². The largest absolute Gasteiger partial charge is 0.490 e. The number of hydrogen-bond acceptors (Lipinski definition) is 4. The highest BCUT2D eigenvalue weighted by Crippen LogP contribution is 2.21. The van der Waals surface area contributed by atoms with E-state index in [1.54, 1.807) is 12.1 Å². The third kappa shape index (κ3) is 4.33. The van der Waals surface area contributed by atoms with Crippen LogP contribution in [0.3, 0.4) is 0 Å². The number of hydrogen-bond donors (Lipinski definition) is 1. The first-order valence-electron chi connectivity index (χ1n) is 6.37. The maximum atomic E-state index is 10.6. The zero-order chi connectivity index (χ0) is 13.4. The highest BCUT2D eigenvalue weighted by molar-refractivity contribution is 5.38. The normalized spacial score (nSPS) is 15.4. The van der Waals surface area contributed by atoms with Crippen molar-refractivity contribution in [1.29, 1.82) is 0 Å². The van der Waals surface area contributed by atoms with Gasteiger partial charge in [-0.25, -0.2) is 0 Å². The van der Waals surface area contributed by atoms with Gasteiger partial charge in [-0.05, 0) is 32.0 Å². The van der Waals surface area contributed by atoms with Crippen molar-refractivity contribution in [3.63, 3.8) is 0 Å². The van der Waals surface area contributed by atoms with Crippen molar-refractivity contribution in [3.05, 3.63) is 34.4 Å². The summed E-state index contributed by atoms with van der Waals surface area (Å²) in [5.74, 6) is 0.584. The van der Waals surface area contributed by atoms with Gasteiger partial charge in [-0.2, -0.15) is 0 Å². The standard InChI is InChI=1S/C11H14N2O3.C2H6/c14-13(15)9-2-1-3-11(8-9)16-10-4-6-12-7-5-10;1-2/h1-3,8,10,12H,4-7H2;1-2H3. The lowest BCUT2D eigenvalue weighted by atomic mass is 10.1. The van der Waals surface area contributed by atoms with E-state index in [4.69, 9.17) is 4.74 Å². The monoisotopic (exact) mass is 252 g/mol. The second kappa shape index (κ2) is 7.66. The Kier molecular flexibility index (Phi) is 6.14. The minimum absolute atomic E-state index is 0.0754. The molecule has 1 fully saturated rings. The molecule has 0 bridgehead atoms. The molecule has 18 heavy (non-hydrogen) atoms. The number of ether oxygens (including phenoxy) is 1. The summed E-state index contributed by atoms with van der Waals surface area (Å²) in [6.45, 7) is 5.89. The van der Waals surface area contributed by atoms with Gasteiger partial charge in [0.25, 0.3) is 5.69 Å². The number of non-ortho nitro benzene ring substituents is 1. The fourth-order valence-corrected chi connectivity index (χ4v) is 1.78. The molecule has 0 aromatic heterocycles. The lowest BCUT2D eigenvalue weighted by Gasteiger charge is -2.23. The number of nitrogens with one attached hydrogen (secondary N) is 1. The summed E-state index contributed by atoms with van der Waals surface area (Å²) < 4.78 is 5.70. The smallest absolute Gasteiger partial charge is 0.273 e. The number of nitro benzene ring substituents is 1. The van der Waals surface area contributed by atoms with Gasteiger partial charge >= 0.3 is 0 Å². The molecular weight excluding hydrogens is 232 g/mol. The zero-order valence-electron chi connectivity index (χ0n) is 10.9. The number of nitro groups is 1. The molecule has 0 aliphatic carbocycles. The molecule has 0 spiro atoms. The molecule has 5 nitrogen and oxygen atoms in total. The average molecular weight is 252 g/mol. The zero-order valence-corrected chi connectivity index (χ0v) is 10.9. The number of rotatable bonds is 3. The van der Waals surface area contributed by atoms with E-state index < -0.39 is 4.92 Å². The predicted molar refractivity (Wildman–Crippen MR) is 71.0 cm³/mol. The Morgan fingerprint density at radius 1 is 1.33 bits per heavy atom. The first-order chi connectivity index (χ1) is 8.75. The third-order valence-corrected chi connectivity index (χ3v) is 2.62. The van der Waals surface area contributed by atoms with Gasteiger partial charge in [-0.15, -0.1) is 0 Å². The molecule has 100 valence electrons. The molecule has 0 radical (unpaired) electrons. The molecule has 1 heterocycles. The lowest BCUT2D eigenvalue weighted by molar-refractivity contribution is -0.384. The van der Waals surface area contributed by atoms with E-state index in [1.165, 1.54) is 12.1 Å². The molecule has 1 aliphatic rings. The van der Waals surface area contributed by atoms with Crippen molar-refractivity contribution in [3.8, 4) is 5.75 Å². The average Bonchev–Trinajstić information content (AvgIpc) is 2.42. The summed E-state index contributed by atoms with van der Waals surface area (Å²) in [6.07, 6.45) is 2.06. The van der Waals surface area contributed by atoms with Crippen molar-refractivity contribution in [2.45, 2.75) is 32.8 Å². The Morgan fingerprint density at radius 2 is 2.00 bits per heavy atom. The van der Waals surface area contributed by atoms with Crippen LogP contribution in [0.1, 0.15) is 26.7 Å². The van der Waals surface area contributed by atoms with Crippen LogP contribution in [0, 0.1) is 10.1 Å². The molecule has 1 aromatic rings. The summed E-state index contributed by atoms with van der Waals surface area (Å²) >= 11 is 0. The quantitative estimate of drug-likeness (QED) is 0.663. The van der Waals surface area contributed by atoms with Crippen molar-refractivity contribution in [1.82, 2.24) is 5.32 Å². The maximum absolute atomic E-state index is 10.6. The van der Waals surface area contributed by atoms with E-state index in [9.17, 15) is 10.1 Å². The Labute approximate surface area is 107 Å². The fraction of sp³-hybridized carbons (Fsp3) is 0.538. The second-order valence-corrected chi connectivity index (χ2v) is 3.82. The van der Waals surface area contributed by atoms with Crippen molar-refractivity contribution < 1.29 is 9.66 Å². The van der Waals surface area contributed by atoms with Gasteiger partial charge in [0.2, 0.25) is 0 Å². The van der Waals surface area contributed by atoms with Crippen molar-refractivity contribution in [2.24, 2.45) is 0 Å². The molecule has 5 heteroatoms. The molecule has 1 aromatic carbocycles. The number of piperidine rings is 1. The third-order valence-electron chi connectivity index (χ3n) is 2.62.